The summed E-state index contributed by atoms with van der Waals surface area (Å²) in [4.78, 5) is 39.2. The van der Waals surface area contributed by atoms with Gasteiger partial charge in [-0.15, -0.1) is 0 Å². The number of hydrogen-bond acceptors (Lipinski definition) is 5. The van der Waals surface area contributed by atoms with Gasteiger partial charge in [0, 0.05) is 0 Å². The zero-order chi connectivity index (χ0) is 19.6. The minimum Gasteiger partial charge on any atom is -0.496 e. The third-order valence-electron chi connectivity index (χ3n) is 4.31. The van der Waals surface area contributed by atoms with Gasteiger partial charge < -0.3 is 9.47 Å². The smallest absolute Gasteiger partial charge is 0.270 e. The number of imide groups is 1. The third-order valence-corrected chi connectivity index (χ3v) is 4.31. The third kappa shape index (κ3) is 3.53. The Bertz CT molecular complexity index is 911. The molecule has 0 aliphatic carbocycles. The van der Waals surface area contributed by atoms with Gasteiger partial charge >= 0.3 is 0 Å². The number of benzene rings is 2. The summed E-state index contributed by atoms with van der Waals surface area (Å²) in [5.41, 5.74) is 0.158. The van der Waals surface area contributed by atoms with Gasteiger partial charge in [-0.1, -0.05) is 19.1 Å². The monoisotopic (exact) mass is 371 g/mol. The lowest BCUT2D eigenvalue weighted by molar-refractivity contribution is -0.135. The summed E-state index contributed by atoms with van der Waals surface area (Å²) in [6, 6.07) is 9.98. The Balaban J connectivity index is 1.97. The van der Waals surface area contributed by atoms with E-state index in [0.717, 1.165) is 17.0 Å². The first kappa shape index (κ1) is 18.6. The zero-order valence-corrected chi connectivity index (χ0v) is 14.9. The van der Waals surface area contributed by atoms with Crippen molar-refractivity contribution in [2.75, 3.05) is 13.7 Å². The predicted molar refractivity (Wildman–Crippen MR) is 94.5 cm³/mol. The molecule has 0 unspecified atom stereocenters. The zero-order valence-electron chi connectivity index (χ0n) is 14.9. The predicted octanol–water partition coefficient (Wildman–Crippen LogP) is 2.86. The highest BCUT2D eigenvalue weighted by Crippen LogP contribution is 2.27. The van der Waals surface area contributed by atoms with Crippen LogP contribution in [0.15, 0.2) is 42.5 Å². The summed E-state index contributed by atoms with van der Waals surface area (Å²) < 4.78 is 24.3. The lowest BCUT2D eigenvalue weighted by Gasteiger charge is -2.21. The maximum Gasteiger partial charge on any atom is 0.270 e. The second-order valence-electron chi connectivity index (χ2n) is 6.01. The number of carbonyl (C=O) groups excluding carboxylic acids is 3. The number of ketones is 1. The van der Waals surface area contributed by atoms with E-state index in [9.17, 15) is 18.8 Å². The number of methoxy groups -OCH3 is 1. The van der Waals surface area contributed by atoms with Crippen LogP contribution in [0.2, 0.25) is 0 Å². The lowest BCUT2D eigenvalue weighted by Crippen LogP contribution is -2.45. The van der Waals surface area contributed by atoms with Crippen molar-refractivity contribution in [2.24, 2.45) is 0 Å². The Hall–Kier alpha value is -3.22. The van der Waals surface area contributed by atoms with Crippen LogP contribution < -0.4 is 9.47 Å². The maximum absolute atomic E-state index is 13.6. The number of para-hydroxylation sites is 1. The number of fused-ring (bicyclic) bond motifs is 1. The van der Waals surface area contributed by atoms with E-state index >= 15 is 0 Å². The molecule has 0 saturated carbocycles. The van der Waals surface area contributed by atoms with Gasteiger partial charge in [0.15, 0.2) is 11.9 Å². The fourth-order valence-corrected chi connectivity index (χ4v) is 2.90. The van der Waals surface area contributed by atoms with Crippen molar-refractivity contribution in [2.45, 2.75) is 19.4 Å². The molecule has 0 N–H and O–H groups in total. The lowest BCUT2D eigenvalue weighted by atomic mass is 10.1. The molecule has 0 aromatic heterocycles. The van der Waals surface area contributed by atoms with Crippen LogP contribution in [0.1, 0.15) is 34.1 Å². The van der Waals surface area contributed by atoms with Crippen molar-refractivity contribution in [1.82, 2.24) is 4.90 Å². The van der Waals surface area contributed by atoms with Crippen LogP contribution in [0.5, 0.6) is 11.5 Å². The molecule has 2 aromatic carbocycles. The molecule has 6 nitrogen and oxygen atoms in total. The molecule has 2 amide bonds. The van der Waals surface area contributed by atoms with Gasteiger partial charge in [-0.3, -0.25) is 19.3 Å². The molecule has 0 fully saturated rings. The molecule has 27 heavy (non-hydrogen) atoms. The summed E-state index contributed by atoms with van der Waals surface area (Å²) >= 11 is 0. The van der Waals surface area contributed by atoms with Crippen molar-refractivity contribution < 1.29 is 28.2 Å². The molecule has 2 aromatic rings. The first-order valence-electron chi connectivity index (χ1n) is 8.44. The van der Waals surface area contributed by atoms with E-state index in [1.807, 2.05) is 0 Å². The van der Waals surface area contributed by atoms with Crippen LogP contribution in [-0.2, 0) is 4.79 Å². The molecular weight excluding hydrogens is 353 g/mol. The van der Waals surface area contributed by atoms with Gasteiger partial charge in [-0.2, -0.15) is 0 Å². The van der Waals surface area contributed by atoms with E-state index in [1.165, 1.54) is 19.2 Å². The van der Waals surface area contributed by atoms with Crippen molar-refractivity contribution in [3.05, 3.63) is 59.4 Å². The highest BCUT2D eigenvalue weighted by molar-refractivity contribution is 6.12. The topological polar surface area (TPSA) is 72.9 Å². The van der Waals surface area contributed by atoms with Crippen LogP contribution in [0.25, 0.3) is 0 Å². The number of Topliss-reactive ketones (excluding diaryl/α,β-unsaturated/α-hetero) is 1. The number of ether oxygens (including phenoxy) is 2. The minimum absolute atomic E-state index is 0.0374. The Labute approximate surface area is 155 Å². The normalized spacial score (nSPS) is 16.4. The van der Waals surface area contributed by atoms with E-state index < -0.39 is 36.1 Å². The molecular formula is C20H18FNO5. The number of amides is 2. The maximum atomic E-state index is 13.6. The fraction of sp³-hybridized carbons (Fsp3) is 0.250. The highest BCUT2D eigenvalue weighted by atomic mass is 19.1. The van der Waals surface area contributed by atoms with Crippen LogP contribution in [0.4, 0.5) is 4.39 Å². The van der Waals surface area contributed by atoms with Gasteiger partial charge in [-0.05, 0) is 36.8 Å². The second-order valence-corrected chi connectivity index (χ2v) is 6.01. The Kier molecular flexibility index (Phi) is 5.21. The average molecular weight is 371 g/mol. The second kappa shape index (κ2) is 7.57. The number of hydrogen-bond donors (Lipinski definition) is 0. The van der Waals surface area contributed by atoms with Crippen molar-refractivity contribution in [3.8, 4) is 11.5 Å². The number of nitrogens with zero attached hydrogens (tertiary/aromatic N) is 1. The first-order valence-corrected chi connectivity index (χ1v) is 8.44. The average Bonchev–Trinajstić information content (AvgIpc) is 2.78. The highest BCUT2D eigenvalue weighted by Gasteiger charge is 2.37. The quantitative estimate of drug-likeness (QED) is 0.597. The van der Waals surface area contributed by atoms with E-state index in [0.29, 0.717) is 12.2 Å². The van der Waals surface area contributed by atoms with Gasteiger partial charge in [-0.25, -0.2) is 4.39 Å². The van der Waals surface area contributed by atoms with Gasteiger partial charge in [0.25, 0.3) is 11.8 Å². The van der Waals surface area contributed by atoms with Crippen molar-refractivity contribution in [1.29, 1.82) is 0 Å². The molecule has 140 valence electrons. The molecule has 1 aliphatic heterocycles. The molecule has 1 atom stereocenters. The summed E-state index contributed by atoms with van der Waals surface area (Å²) in [6.45, 7) is 1.21. The minimum atomic E-state index is -0.889. The van der Waals surface area contributed by atoms with Gasteiger partial charge in [0.05, 0.1) is 24.8 Å². The Morgan fingerprint density at radius 2 is 1.96 bits per heavy atom. The summed E-state index contributed by atoms with van der Waals surface area (Å²) in [5.74, 6) is -2.01. The summed E-state index contributed by atoms with van der Waals surface area (Å²) in [5, 5.41) is 0. The van der Waals surface area contributed by atoms with E-state index in [4.69, 9.17) is 9.47 Å². The molecule has 0 spiro atoms. The van der Waals surface area contributed by atoms with Crippen molar-refractivity contribution in [3.63, 3.8) is 0 Å². The number of rotatable bonds is 5. The molecule has 0 saturated heterocycles. The van der Waals surface area contributed by atoms with E-state index in [1.54, 1.807) is 25.1 Å². The SMILES string of the molecule is CC[C@@H]1Oc2ccccc2C(=O)N(CC(=O)c2cc(F)ccc2OC)C1=O. The summed E-state index contributed by atoms with van der Waals surface area (Å²) in [6.07, 6.45) is -0.561. The van der Waals surface area contributed by atoms with Crippen molar-refractivity contribution >= 4 is 17.6 Å². The van der Waals surface area contributed by atoms with E-state index in [2.05, 4.69) is 0 Å². The molecule has 0 bridgehead atoms. The number of halogens is 1. The van der Waals surface area contributed by atoms with Crippen LogP contribution in [0.3, 0.4) is 0 Å². The molecule has 1 aliphatic rings. The molecule has 3 rings (SSSR count). The molecule has 0 radical (unpaired) electrons. The summed E-state index contributed by atoms with van der Waals surface area (Å²) in [7, 11) is 1.35. The Morgan fingerprint density at radius 3 is 2.67 bits per heavy atom. The van der Waals surface area contributed by atoms with Crippen LogP contribution in [0, 0.1) is 5.82 Å². The standard InChI is InChI=1S/C20H18FNO5/c1-3-16-20(25)22(19(24)13-6-4-5-7-18(13)27-16)11-15(23)14-10-12(21)8-9-17(14)26-2/h4-10,16H,3,11H2,1-2H3/t16-/m0/s1. The first-order chi connectivity index (χ1) is 13.0. The Morgan fingerprint density at radius 1 is 1.22 bits per heavy atom. The largest absolute Gasteiger partial charge is 0.496 e. The van der Waals surface area contributed by atoms with Crippen LogP contribution in [-0.4, -0.2) is 42.3 Å². The molecule has 1 heterocycles. The molecule has 7 heteroatoms. The number of carbonyl (C=O) groups is 3. The van der Waals surface area contributed by atoms with Crippen LogP contribution >= 0.6 is 0 Å². The fourth-order valence-electron chi connectivity index (χ4n) is 2.90. The van der Waals surface area contributed by atoms with Gasteiger partial charge in [0.1, 0.15) is 17.3 Å². The van der Waals surface area contributed by atoms with Gasteiger partial charge in [0.2, 0.25) is 0 Å². The van der Waals surface area contributed by atoms with E-state index in [-0.39, 0.29) is 16.9 Å².